The van der Waals surface area contributed by atoms with Crippen molar-refractivity contribution in [3.05, 3.63) is 23.8 Å². The molecule has 1 aliphatic rings. The van der Waals surface area contributed by atoms with Gasteiger partial charge in [-0.05, 0) is 24.6 Å². The van der Waals surface area contributed by atoms with E-state index < -0.39 is 10.0 Å². The van der Waals surface area contributed by atoms with Crippen molar-refractivity contribution < 1.29 is 13.2 Å². The smallest absolute Gasteiger partial charge is 0.242 e. The molecule has 1 aliphatic heterocycles. The van der Waals surface area contributed by atoms with Crippen LogP contribution in [0.4, 0.5) is 5.69 Å². The minimum absolute atomic E-state index is 0. The summed E-state index contributed by atoms with van der Waals surface area (Å²) < 4.78 is 25.8. The van der Waals surface area contributed by atoms with E-state index in [4.69, 9.17) is 0 Å². The molecule has 0 aliphatic carbocycles. The molecule has 0 unspecified atom stereocenters. The van der Waals surface area contributed by atoms with Crippen LogP contribution < -0.4 is 10.6 Å². The molecular weight excluding hydrogens is 387 g/mol. The van der Waals surface area contributed by atoms with Crippen LogP contribution in [0.25, 0.3) is 0 Å². The number of piperazine rings is 1. The van der Waals surface area contributed by atoms with E-state index in [1.54, 1.807) is 19.1 Å². The van der Waals surface area contributed by atoms with Gasteiger partial charge in [0.15, 0.2) is 0 Å². The number of carbonyl (C=O) groups is 1. The number of amides is 1. The fraction of sp³-hybridized carbons (Fsp3) is 0.533. The third-order valence-corrected chi connectivity index (χ3v) is 5.76. The standard InChI is InChI=1S/C15H24N4O3S.2ClH/c1-12-4-5-13(10-14(12)23(21,22)18(2)3)17-15(20)11-19-8-6-16-7-9-19;;/h4-5,10,16H,6-9,11H2,1-3H3,(H,17,20);2*1H. The number of sulfonamides is 1. The first kappa shape index (κ1) is 24.1. The van der Waals surface area contributed by atoms with Crippen LogP contribution in [-0.2, 0) is 14.8 Å². The molecule has 1 aromatic rings. The monoisotopic (exact) mass is 412 g/mol. The van der Waals surface area contributed by atoms with Crippen LogP contribution in [0.1, 0.15) is 5.56 Å². The molecule has 7 nitrogen and oxygen atoms in total. The fourth-order valence-electron chi connectivity index (χ4n) is 2.43. The first-order chi connectivity index (χ1) is 10.8. The van der Waals surface area contributed by atoms with Crippen LogP contribution in [0, 0.1) is 6.92 Å². The zero-order valence-corrected chi connectivity index (χ0v) is 17.1. The van der Waals surface area contributed by atoms with Gasteiger partial charge in [0.2, 0.25) is 15.9 Å². The number of aryl methyl sites for hydroxylation is 1. The van der Waals surface area contributed by atoms with Gasteiger partial charge in [0.05, 0.1) is 11.4 Å². The van der Waals surface area contributed by atoms with Gasteiger partial charge in [0.1, 0.15) is 0 Å². The lowest BCUT2D eigenvalue weighted by Gasteiger charge is -2.26. The van der Waals surface area contributed by atoms with Gasteiger partial charge in [-0.1, -0.05) is 6.07 Å². The average Bonchev–Trinajstić information content (AvgIpc) is 2.49. The van der Waals surface area contributed by atoms with Crippen LogP contribution in [-0.4, -0.2) is 70.3 Å². The fourth-order valence-corrected chi connectivity index (χ4v) is 3.57. The number of hydrogen-bond donors (Lipinski definition) is 2. The second-order valence-corrected chi connectivity index (χ2v) is 7.96. The molecule has 1 aromatic carbocycles. The predicted molar refractivity (Wildman–Crippen MR) is 104 cm³/mol. The van der Waals surface area contributed by atoms with Gasteiger partial charge in [-0.25, -0.2) is 12.7 Å². The van der Waals surface area contributed by atoms with E-state index in [-0.39, 0.29) is 35.6 Å². The lowest BCUT2D eigenvalue weighted by Crippen LogP contribution is -2.46. The molecule has 1 heterocycles. The van der Waals surface area contributed by atoms with Gasteiger partial charge in [0, 0.05) is 46.0 Å². The number of nitrogens with one attached hydrogen (secondary N) is 2. The van der Waals surface area contributed by atoms with Crippen molar-refractivity contribution in [3.8, 4) is 0 Å². The van der Waals surface area contributed by atoms with E-state index in [1.165, 1.54) is 24.5 Å². The Hall–Kier alpha value is -0.900. The Morgan fingerprint density at radius 3 is 2.40 bits per heavy atom. The third-order valence-electron chi connectivity index (χ3n) is 3.81. The van der Waals surface area contributed by atoms with Gasteiger partial charge in [-0.3, -0.25) is 9.69 Å². The van der Waals surface area contributed by atoms with Crippen LogP contribution in [0.15, 0.2) is 23.1 Å². The number of rotatable bonds is 5. The largest absolute Gasteiger partial charge is 0.325 e. The minimum Gasteiger partial charge on any atom is -0.325 e. The Bertz CT molecular complexity index is 677. The highest BCUT2D eigenvalue weighted by molar-refractivity contribution is 7.89. The first-order valence-electron chi connectivity index (χ1n) is 7.57. The molecule has 2 N–H and O–H groups in total. The van der Waals surface area contributed by atoms with E-state index in [1.807, 2.05) is 0 Å². The maximum Gasteiger partial charge on any atom is 0.242 e. The molecule has 2 rings (SSSR count). The summed E-state index contributed by atoms with van der Waals surface area (Å²) in [6.07, 6.45) is 0. The van der Waals surface area contributed by atoms with Crippen LogP contribution >= 0.6 is 24.8 Å². The van der Waals surface area contributed by atoms with Crippen molar-refractivity contribution in [2.24, 2.45) is 0 Å². The maximum atomic E-state index is 12.3. The highest BCUT2D eigenvalue weighted by atomic mass is 35.5. The summed E-state index contributed by atoms with van der Waals surface area (Å²) >= 11 is 0. The van der Waals surface area contributed by atoms with Gasteiger partial charge in [0.25, 0.3) is 0 Å². The second-order valence-electron chi connectivity index (χ2n) is 5.84. The summed E-state index contributed by atoms with van der Waals surface area (Å²) in [7, 11) is -0.549. The Labute approximate surface area is 162 Å². The Morgan fingerprint density at radius 1 is 1.24 bits per heavy atom. The minimum atomic E-state index is -3.53. The molecule has 1 amide bonds. The average molecular weight is 413 g/mol. The number of halogens is 2. The molecule has 0 aromatic heterocycles. The van der Waals surface area contributed by atoms with Gasteiger partial charge in [-0.2, -0.15) is 0 Å². The highest BCUT2D eigenvalue weighted by Crippen LogP contribution is 2.22. The first-order valence-corrected chi connectivity index (χ1v) is 9.01. The van der Waals surface area contributed by atoms with Crippen molar-refractivity contribution >= 4 is 46.4 Å². The van der Waals surface area contributed by atoms with E-state index in [2.05, 4.69) is 15.5 Å². The predicted octanol–water partition coefficient (Wildman–Crippen LogP) is 0.933. The molecule has 0 radical (unpaired) electrons. The molecule has 144 valence electrons. The molecule has 1 saturated heterocycles. The van der Waals surface area contributed by atoms with Crippen molar-refractivity contribution in [3.63, 3.8) is 0 Å². The van der Waals surface area contributed by atoms with Gasteiger partial charge in [-0.15, -0.1) is 24.8 Å². The van der Waals surface area contributed by atoms with Gasteiger partial charge >= 0.3 is 0 Å². The van der Waals surface area contributed by atoms with Gasteiger partial charge < -0.3 is 10.6 Å². The lowest BCUT2D eigenvalue weighted by molar-refractivity contribution is -0.117. The van der Waals surface area contributed by atoms with Crippen molar-refractivity contribution in [1.29, 1.82) is 0 Å². The normalized spacial score (nSPS) is 15.2. The summed E-state index contributed by atoms with van der Waals surface area (Å²) in [5.41, 5.74) is 1.15. The molecule has 0 spiro atoms. The quantitative estimate of drug-likeness (QED) is 0.751. The van der Waals surface area contributed by atoms with E-state index in [9.17, 15) is 13.2 Å². The number of anilines is 1. The van der Waals surface area contributed by atoms with Crippen molar-refractivity contribution in [2.75, 3.05) is 52.1 Å². The third kappa shape index (κ3) is 6.40. The second kappa shape index (κ2) is 10.3. The lowest BCUT2D eigenvalue weighted by atomic mass is 10.2. The van der Waals surface area contributed by atoms with E-state index in [0.29, 0.717) is 17.8 Å². The molecule has 1 fully saturated rings. The molecule has 10 heteroatoms. The Morgan fingerprint density at radius 2 is 1.84 bits per heavy atom. The zero-order chi connectivity index (χ0) is 17.0. The highest BCUT2D eigenvalue weighted by Gasteiger charge is 2.21. The van der Waals surface area contributed by atoms with E-state index in [0.717, 1.165) is 26.2 Å². The SMILES string of the molecule is Cc1ccc(NC(=O)CN2CCNCC2)cc1S(=O)(=O)N(C)C.Cl.Cl. The number of benzene rings is 1. The number of carbonyl (C=O) groups excluding carboxylic acids is 1. The van der Waals surface area contributed by atoms with E-state index >= 15 is 0 Å². The topological polar surface area (TPSA) is 81.8 Å². The summed E-state index contributed by atoms with van der Waals surface area (Å²) in [4.78, 5) is 14.4. The molecule has 25 heavy (non-hydrogen) atoms. The summed E-state index contributed by atoms with van der Waals surface area (Å²) in [5.74, 6) is -0.135. The Balaban J connectivity index is 0.00000288. The maximum absolute atomic E-state index is 12.3. The van der Waals surface area contributed by atoms with Crippen molar-refractivity contribution in [2.45, 2.75) is 11.8 Å². The van der Waals surface area contributed by atoms with Crippen molar-refractivity contribution in [1.82, 2.24) is 14.5 Å². The van der Waals surface area contributed by atoms with Crippen LogP contribution in [0.2, 0.25) is 0 Å². The van der Waals surface area contributed by atoms with Crippen LogP contribution in [0.5, 0.6) is 0 Å². The van der Waals surface area contributed by atoms with Crippen LogP contribution in [0.3, 0.4) is 0 Å². The molecular formula is C15H26Cl2N4O3S. The summed E-state index contributed by atoms with van der Waals surface area (Å²) in [5, 5.41) is 6.02. The number of hydrogen-bond acceptors (Lipinski definition) is 5. The summed E-state index contributed by atoms with van der Waals surface area (Å²) in [6, 6.07) is 4.94. The summed E-state index contributed by atoms with van der Waals surface area (Å²) in [6.45, 7) is 5.48. The molecule has 0 atom stereocenters. The Kier molecular flexibility index (Phi) is 9.93. The molecule has 0 bridgehead atoms. The molecule has 0 saturated carbocycles. The number of nitrogens with zero attached hydrogens (tertiary/aromatic N) is 2. The zero-order valence-electron chi connectivity index (χ0n) is 14.6.